The number of ether oxygens (including phenoxy) is 1. The Hall–Kier alpha value is -3.10. The highest BCUT2D eigenvalue weighted by atomic mass is 35.5. The number of nitrogens with one attached hydrogen (secondary N) is 1. The second-order valence-electron chi connectivity index (χ2n) is 6.65. The molecule has 4 N–H and O–H groups in total. The average Bonchev–Trinajstić information content (AvgIpc) is 2.67. The summed E-state index contributed by atoms with van der Waals surface area (Å²) in [5.41, 5.74) is -0.160. The standard InChI is InChI=1S/C20H18ClNO7/c1-9-16(23)14-12(21)8-11(17(24)15(14)20(28)29-9)18(25)22-13(19(26)27)7-10-5-3-2-4-6-10/h2-6,8-9,13,16,23-24H,7H2,1H3,(H,22,25)(H,26,27)/t9-,13+,16+/m1/s1. The van der Waals surface area contributed by atoms with Gasteiger partial charge in [-0.05, 0) is 18.6 Å². The molecule has 8 nitrogen and oxygen atoms in total. The molecule has 0 radical (unpaired) electrons. The summed E-state index contributed by atoms with van der Waals surface area (Å²) in [6.45, 7) is 1.46. The van der Waals surface area contributed by atoms with Crippen molar-refractivity contribution in [3.63, 3.8) is 0 Å². The van der Waals surface area contributed by atoms with E-state index in [2.05, 4.69) is 5.32 Å². The van der Waals surface area contributed by atoms with Crippen molar-refractivity contribution < 1.29 is 34.4 Å². The Kier molecular flexibility index (Phi) is 5.76. The zero-order chi connectivity index (χ0) is 21.3. The van der Waals surface area contributed by atoms with Gasteiger partial charge in [-0.2, -0.15) is 0 Å². The van der Waals surface area contributed by atoms with Gasteiger partial charge in [0.1, 0.15) is 29.6 Å². The van der Waals surface area contributed by atoms with Crippen molar-refractivity contribution in [3.05, 3.63) is 63.7 Å². The Morgan fingerprint density at radius 3 is 2.55 bits per heavy atom. The maximum atomic E-state index is 12.7. The summed E-state index contributed by atoms with van der Waals surface area (Å²) in [5.74, 6) is -3.88. The van der Waals surface area contributed by atoms with Crippen LogP contribution in [0.25, 0.3) is 0 Å². The number of aromatic hydroxyl groups is 1. The Morgan fingerprint density at radius 2 is 1.93 bits per heavy atom. The first-order valence-electron chi connectivity index (χ1n) is 8.72. The van der Waals surface area contributed by atoms with Crippen LogP contribution in [0.1, 0.15) is 44.9 Å². The second-order valence-corrected chi connectivity index (χ2v) is 7.06. The first-order chi connectivity index (χ1) is 13.7. The number of hydrogen-bond acceptors (Lipinski definition) is 6. The third kappa shape index (κ3) is 4.03. The van der Waals surface area contributed by atoms with E-state index >= 15 is 0 Å². The fraction of sp³-hybridized carbons (Fsp3) is 0.250. The average molecular weight is 420 g/mol. The van der Waals surface area contributed by atoms with Crippen LogP contribution in [0.4, 0.5) is 0 Å². The zero-order valence-corrected chi connectivity index (χ0v) is 16.0. The molecule has 0 saturated carbocycles. The third-order valence-corrected chi connectivity index (χ3v) is 4.97. The molecule has 0 spiro atoms. The first kappa shape index (κ1) is 20.6. The van der Waals surface area contributed by atoms with E-state index in [1.807, 2.05) is 0 Å². The number of amides is 1. The summed E-state index contributed by atoms with van der Waals surface area (Å²) in [6.07, 6.45) is -2.14. The van der Waals surface area contributed by atoms with Gasteiger partial charge in [-0.3, -0.25) is 4.79 Å². The molecule has 0 saturated heterocycles. The second kappa shape index (κ2) is 8.10. The molecule has 0 unspecified atom stereocenters. The number of fused-ring (bicyclic) bond motifs is 1. The molecule has 1 aliphatic heterocycles. The van der Waals surface area contributed by atoms with E-state index in [4.69, 9.17) is 16.3 Å². The lowest BCUT2D eigenvalue weighted by atomic mass is 9.93. The van der Waals surface area contributed by atoms with Crippen LogP contribution in [-0.2, 0) is 16.0 Å². The third-order valence-electron chi connectivity index (χ3n) is 4.66. The molecule has 2 aromatic rings. The first-order valence-corrected chi connectivity index (χ1v) is 9.10. The monoisotopic (exact) mass is 419 g/mol. The maximum absolute atomic E-state index is 12.7. The molecule has 2 aromatic carbocycles. The summed E-state index contributed by atoms with van der Waals surface area (Å²) in [5, 5.41) is 32.3. The molecular formula is C20H18ClNO7. The molecule has 1 heterocycles. The Bertz CT molecular complexity index is 977. The summed E-state index contributed by atoms with van der Waals surface area (Å²) in [4.78, 5) is 36.4. The minimum absolute atomic E-state index is 0.0135. The van der Waals surface area contributed by atoms with Gasteiger partial charge in [0.15, 0.2) is 0 Å². The van der Waals surface area contributed by atoms with E-state index in [1.54, 1.807) is 30.3 Å². The number of cyclic esters (lactones) is 1. The number of carboxylic acid groups (broad SMARTS) is 1. The number of aliphatic hydroxyl groups excluding tert-OH is 1. The van der Waals surface area contributed by atoms with Gasteiger partial charge in [0.25, 0.3) is 5.91 Å². The number of esters is 1. The van der Waals surface area contributed by atoms with Gasteiger partial charge >= 0.3 is 11.9 Å². The molecule has 29 heavy (non-hydrogen) atoms. The number of rotatable bonds is 5. The van der Waals surface area contributed by atoms with E-state index < -0.39 is 53.0 Å². The highest BCUT2D eigenvalue weighted by molar-refractivity contribution is 6.32. The lowest BCUT2D eigenvalue weighted by molar-refractivity contribution is -0.139. The Morgan fingerprint density at radius 1 is 1.28 bits per heavy atom. The van der Waals surface area contributed by atoms with Gasteiger partial charge in [0.2, 0.25) is 0 Å². The molecular weight excluding hydrogens is 402 g/mol. The minimum atomic E-state index is -1.28. The predicted molar refractivity (Wildman–Crippen MR) is 102 cm³/mol. The number of phenols is 1. The molecule has 9 heteroatoms. The number of carbonyl (C=O) groups excluding carboxylic acids is 2. The zero-order valence-electron chi connectivity index (χ0n) is 15.3. The number of halogens is 1. The van der Waals surface area contributed by atoms with E-state index in [0.717, 1.165) is 6.07 Å². The highest BCUT2D eigenvalue weighted by Gasteiger charge is 2.38. The molecule has 1 aliphatic rings. The van der Waals surface area contributed by atoms with Gasteiger partial charge in [0.05, 0.1) is 5.56 Å². The van der Waals surface area contributed by atoms with Crippen molar-refractivity contribution in [2.75, 3.05) is 0 Å². The maximum Gasteiger partial charge on any atom is 0.342 e. The van der Waals surface area contributed by atoms with Gasteiger partial charge in [0, 0.05) is 17.0 Å². The van der Waals surface area contributed by atoms with Gasteiger partial charge in [-0.25, -0.2) is 9.59 Å². The lowest BCUT2D eigenvalue weighted by Gasteiger charge is -2.29. The molecule has 152 valence electrons. The van der Waals surface area contributed by atoms with Crippen LogP contribution in [0, 0.1) is 0 Å². The van der Waals surface area contributed by atoms with Crippen LogP contribution < -0.4 is 5.32 Å². The largest absolute Gasteiger partial charge is 0.506 e. The van der Waals surface area contributed by atoms with Crippen molar-refractivity contribution in [3.8, 4) is 5.75 Å². The Labute approximate surface area is 170 Å². The number of aliphatic hydroxyl groups is 1. The molecule has 0 fully saturated rings. The van der Waals surface area contributed by atoms with E-state index in [1.165, 1.54) is 6.92 Å². The van der Waals surface area contributed by atoms with Crippen molar-refractivity contribution in [2.45, 2.75) is 31.6 Å². The van der Waals surface area contributed by atoms with Gasteiger partial charge < -0.3 is 25.4 Å². The topological polar surface area (TPSA) is 133 Å². The van der Waals surface area contributed by atoms with Crippen molar-refractivity contribution in [1.29, 1.82) is 0 Å². The SMILES string of the molecule is C[C@H]1OC(=O)c2c(O)c(C(=O)N[C@@H](Cc3ccccc3)C(=O)O)cc(Cl)c2[C@H]1O. The van der Waals surface area contributed by atoms with Gasteiger partial charge in [-0.15, -0.1) is 0 Å². The highest BCUT2D eigenvalue weighted by Crippen LogP contribution is 2.41. The van der Waals surface area contributed by atoms with Crippen LogP contribution in [0.5, 0.6) is 5.75 Å². The van der Waals surface area contributed by atoms with Crippen LogP contribution in [0.15, 0.2) is 36.4 Å². The predicted octanol–water partition coefficient (Wildman–Crippen LogP) is 2.06. The minimum Gasteiger partial charge on any atom is -0.506 e. The number of carboxylic acids is 1. The van der Waals surface area contributed by atoms with Crippen molar-refractivity contribution in [1.82, 2.24) is 5.32 Å². The quantitative estimate of drug-likeness (QED) is 0.545. The number of phenolic OH excluding ortho intramolecular Hbond substituents is 1. The van der Waals surface area contributed by atoms with E-state index in [-0.39, 0.29) is 17.0 Å². The number of aliphatic carboxylic acids is 1. The van der Waals surface area contributed by atoms with Crippen molar-refractivity contribution in [2.24, 2.45) is 0 Å². The molecule has 0 aromatic heterocycles. The van der Waals surface area contributed by atoms with E-state index in [9.17, 15) is 29.7 Å². The lowest BCUT2D eigenvalue weighted by Crippen LogP contribution is -2.42. The van der Waals surface area contributed by atoms with Crippen LogP contribution in [-0.4, -0.2) is 45.3 Å². The molecule has 3 atom stereocenters. The summed E-state index contributed by atoms with van der Waals surface area (Å²) < 4.78 is 4.96. The summed E-state index contributed by atoms with van der Waals surface area (Å²) >= 11 is 6.14. The Balaban J connectivity index is 1.93. The molecule has 1 amide bonds. The van der Waals surface area contributed by atoms with E-state index in [0.29, 0.717) is 5.56 Å². The molecule has 0 aliphatic carbocycles. The fourth-order valence-corrected chi connectivity index (χ4v) is 3.45. The molecule has 0 bridgehead atoms. The number of hydrogen-bond donors (Lipinski definition) is 4. The fourth-order valence-electron chi connectivity index (χ4n) is 3.14. The summed E-state index contributed by atoms with van der Waals surface area (Å²) in [6, 6.07) is 8.49. The van der Waals surface area contributed by atoms with Crippen LogP contribution in [0.3, 0.4) is 0 Å². The van der Waals surface area contributed by atoms with Gasteiger partial charge in [-0.1, -0.05) is 41.9 Å². The van der Waals surface area contributed by atoms with Crippen LogP contribution in [0.2, 0.25) is 5.02 Å². The normalized spacial score (nSPS) is 19.1. The number of benzene rings is 2. The molecule has 3 rings (SSSR count). The number of carbonyl (C=O) groups is 3. The smallest absolute Gasteiger partial charge is 0.342 e. The summed E-state index contributed by atoms with van der Waals surface area (Å²) in [7, 11) is 0. The van der Waals surface area contributed by atoms with Crippen LogP contribution >= 0.6 is 11.6 Å². The van der Waals surface area contributed by atoms with Crippen molar-refractivity contribution >= 4 is 29.4 Å².